The number of rotatable bonds is 6. The Labute approximate surface area is 119 Å². The van der Waals surface area contributed by atoms with E-state index in [9.17, 15) is 0 Å². The summed E-state index contributed by atoms with van der Waals surface area (Å²) in [5.74, 6) is 1.67. The maximum Gasteiger partial charge on any atom is 0.240 e. The average molecular weight is 277 g/mol. The van der Waals surface area contributed by atoms with Crippen molar-refractivity contribution in [3.8, 4) is 0 Å². The lowest BCUT2D eigenvalue weighted by Gasteiger charge is -2.20. The first-order valence-electron chi connectivity index (χ1n) is 7.04. The quantitative estimate of drug-likeness (QED) is 0.878. The maximum atomic E-state index is 5.22. The van der Waals surface area contributed by atoms with E-state index in [0.29, 0.717) is 12.4 Å². The molecule has 0 aliphatic rings. The second kappa shape index (κ2) is 6.17. The molecule has 2 heterocycles. The van der Waals surface area contributed by atoms with E-state index in [1.165, 1.54) is 5.56 Å². The molecule has 2 unspecified atom stereocenters. The Kier molecular flexibility index (Phi) is 4.54. The zero-order valence-electron chi connectivity index (χ0n) is 12.8. The molecule has 0 fully saturated rings. The van der Waals surface area contributed by atoms with Crippen molar-refractivity contribution in [1.29, 1.82) is 0 Å². The van der Waals surface area contributed by atoms with Crippen LogP contribution >= 0.6 is 0 Å². The van der Waals surface area contributed by atoms with Crippen molar-refractivity contribution in [3.63, 3.8) is 0 Å². The molecule has 0 spiro atoms. The van der Waals surface area contributed by atoms with E-state index < -0.39 is 0 Å². The second-order valence-electron chi connectivity index (χ2n) is 5.61. The van der Waals surface area contributed by atoms with Crippen molar-refractivity contribution in [1.82, 2.24) is 25.2 Å². The summed E-state index contributed by atoms with van der Waals surface area (Å²) in [5.41, 5.74) is 1.17. The molecule has 20 heavy (non-hydrogen) atoms. The number of aryl methyl sites for hydroxylation is 1. The third-order valence-electron chi connectivity index (χ3n) is 3.45. The van der Waals surface area contributed by atoms with Crippen LogP contribution < -0.4 is 5.32 Å². The minimum Gasteiger partial charge on any atom is -0.338 e. The number of nitrogens with one attached hydrogen (secondary N) is 1. The van der Waals surface area contributed by atoms with E-state index in [1.54, 1.807) is 0 Å². The van der Waals surface area contributed by atoms with Crippen LogP contribution in [0.1, 0.15) is 56.9 Å². The highest BCUT2D eigenvalue weighted by Crippen LogP contribution is 2.12. The van der Waals surface area contributed by atoms with Crippen molar-refractivity contribution < 1.29 is 4.52 Å². The van der Waals surface area contributed by atoms with Gasteiger partial charge in [-0.2, -0.15) is 10.1 Å². The van der Waals surface area contributed by atoms with Crippen molar-refractivity contribution in [2.75, 3.05) is 0 Å². The molecule has 6 heteroatoms. The highest BCUT2D eigenvalue weighted by molar-refractivity contribution is 5.01. The van der Waals surface area contributed by atoms with Crippen LogP contribution in [0.3, 0.4) is 0 Å². The fraction of sp³-hybridized carbons (Fsp3) is 0.643. The Bertz CT molecular complexity index is 545. The van der Waals surface area contributed by atoms with Gasteiger partial charge in [0.1, 0.15) is 0 Å². The van der Waals surface area contributed by atoms with Gasteiger partial charge in [-0.05, 0) is 26.3 Å². The van der Waals surface area contributed by atoms with Gasteiger partial charge in [0.15, 0.2) is 5.82 Å². The minimum atomic E-state index is 0.253. The Morgan fingerprint density at radius 1 is 1.30 bits per heavy atom. The molecule has 110 valence electrons. The van der Waals surface area contributed by atoms with Crippen LogP contribution in [-0.4, -0.2) is 26.0 Å². The molecule has 1 N–H and O–H groups in total. The monoisotopic (exact) mass is 277 g/mol. The van der Waals surface area contributed by atoms with Gasteiger partial charge >= 0.3 is 0 Å². The van der Waals surface area contributed by atoms with Crippen LogP contribution in [-0.2, 0) is 6.54 Å². The fourth-order valence-electron chi connectivity index (χ4n) is 1.88. The van der Waals surface area contributed by atoms with E-state index in [-0.39, 0.29) is 18.0 Å². The molecule has 2 atom stereocenters. The normalized spacial score (nSPS) is 14.7. The molecule has 0 radical (unpaired) electrons. The number of hydrogen-bond donors (Lipinski definition) is 1. The minimum absolute atomic E-state index is 0.253. The van der Waals surface area contributed by atoms with Gasteiger partial charge < -0.3 is 9.84 Å². The topological polar surface area (TPSA) is 68.8 Å². The maximum absolute atomic E-state index is 5.22. The zero-order chi connectivity index (χ0) is 14.7. The molecule has 0 aliphatic carbocycles. The Morgan fingerprint density at radius 3 is 2.60 bits per heavy atom. The summed E-state index contributed by atoms with van der Waals surface area (Å²) in [7, 11) is 0. The summed E-state index contributed by atoms with van der Waals surface area (Å²) in [6.45, 7) is 11.0. The van der Waals surface area contributed by atoms with E-state index >= 15 is 0 Å². The Morgan fingerprint density at radius 2 is 2.05 bits per heavy atom. The molecule has 0 saturated heterocycles. The van der Waals surface area contributed by atoms with Crippen LogP contribution in [0.25, 0.3) is 0 Å². The van der Waals surface area contributed by atoms with Crippen molar-refractivity contribution >= 4 is 0 Å². The molecule has 2 rings (SSSR count). The smallest absolute Gasteiger partial charge is 0.240 e. The number of hydrogen-bond acceptors (Lipinski definition) is 5. The van der Waals surface area contributed by atoms with Gasteiger partial charge in [-0.25, -0.2) is 0 Å². The standard InChI is InChI=1S/C14H23N5O/c1-9(2)14-17-13(20-18-14)7-15-11(4)12(5)19-8-10(3)6-16-19/h6,8-9,11-12,15H,7H2,1-5H3. The Hall–Kier alpha value is -1.69. The van der Waals surface area contributed by atoms with Crippen LogP contribution in [0.15, 0.2) is 16.9 Å². The second-order valence-corrected chi connectivity index (χ2v) is 5.61. The summed E-state index contributed by atoms with van der Waals surface area (Å²) in [5, 5.41) is 11.7. The summed E-state index contributed by atoms with van der Waals surface area (Å²) < 4.78 is 7.19. The predicted octanol–water partition coefficient (Wildman–Crippen LogP) is 2.44. The zero-order valence-corrected chi connectivity index (χ0v) is 12.8. The van der Waals surface area contributed by atoms with Gasteiger partial charge in [0.05, 0.1) is 18.8 Å². The third kappa shape index (κ3) is 3.45. The molecule has 2 aromatic heterocycles. The first-order valence-corrected chi connectivity index (χ1v) is 7.04. The van der Waals surface area contributed by atoms with Gasteiger partial charge in [-0.15, -0.1) is 0 Å². The number of aromatic nitrogens is 4. The SMILES string of the molecule is Cc1cnn(C(C)C(C)NCc2nc(C(C)C)no2)c1. The van der Waals surface area contributed by atoms with E-state index in [2.05, 4.69) is 34.4 Å². The lowest BCUT2D eigenvalue weighted by atomic mass is 10.2. The van der Waals surface area contributed by atoms with Crippen molar-refractivity contribution in [2.24, 2.45) is 0 Å². The van der Waals surface area contributed by atoms with E-state index in [0.717, 1.165) is 5.82 Å². The fourth-order valence-corrected chi connectivity index (χ4v) is 1.88. The predicted molar refractivity (Wildman–Crippen MR) is 76.4 cm³/mol. The molecule has 0 aliphatic heterocycles. The third-order valence-corrected chi connectivity index (χ3v) is 3.45. The molecule has 6 nitrogen and oxygen atoms in total. The van der Waals surface area contributed by atoms with Gasteiger partial charge in [0.25, 0.3) is 0 Å². The van der Waals surface area contributed by atoms with Gasteiger partial charge in [0.2, 0.25) is 5.89 Å². The average Bonchev–Trinajstić information content (AvgIpc) is 3.03. The van der Waals surface area contributed by atoms with Crippen LogP contribution in [0.5, 0.6) is 0 Å². The molecule has 0 aromatic carbocycles. The van der Waals surface area contributed by atoms with Crippen LogP contribution in [0.2, 0.25) is 0 Å². The number of nitrogens with zero attached hydrogens (tertiary/aromatic N) is 4. The largest absolute Gasteiger partial charge is 0.338 e. The first-order chi connectivity index (χ1) is 9.47. The van der Waals surface area contributed by atoms with Crippen molar-refractivity contribution in [2.45, 2.75) is 59.2 Å². The van der Waals surface area contributed by atoms with Crippen molar-refractivity contribution in [3.05, 3.63) is 29.7 Å². The van der Waals surface area contributed by atoms with Gasteiger partial charge in [-0.3, -0.25) is 4.68 Å². The summed E-state index contributed by atoms with van der Waals surface area (Å²) in [6, 6.07) is 0.514. The summed E-state index contributed by atoms with van der Waals surface area (Å²) in [4.78, 5) is 4.36. The Balaban J connectivity index is 1.89. The molecular weight excluding hydrogens is 254 g/mol. The van der Waals surface area contributed by atoms with Crippen LogP contribution in [0, 0.1) is 6.92 Å². The lowest BCUT2D eigenvalue weighted by molar-refractivity contribution is 0.323. The summed E-state index contributed by atoms with van der Waals surface area (Å²) >= 11 is 0. The van der Waals surface area contributed by atoms with E-state index in [4.69, 9.17) is 4.52 Å². The highest BCUT2D eigenvalue weighted by atomic mass is 16.5. The lowest BCUT2D eigenvalue weighted by Crippen LogP contribution is -2.33. The summed E-state index contributed by atoms with van der Waals surface area (Å²) in [6.07, 6.45) is 3.92. The van der Waals surface area contributed by atoms with Gasteiger partial charge in [-0.1, -0.05) is 19.0 Å². The molecular formula is C14H23N5O. The highest BCUT2D eigenvalue weighted by Gasteiger charge is 2.16. The first kappa shape index (κ1) is 14.7. The van der Waals surface area contributed by atoms with Crippen LogP contribution in [0.4, 0.5) is 0 Å². The van der Waals surface area contributed by atoms with Gasteiger partial charge in [0, 0.05) is 18.2 Å². The molecule has 0 amide bonds. The molecule has 0 bridgehead atoms. The molecule has 0 saturated carbocycles. The van der Waals surface area contributed by atoms with E-state index in [1.807, 2.05) is 37.8 Å². The molecule has 2 aromatic rings.